The summed E-state index contributed by atoms with van der Waals surface area (Å²) >= 11 is 1.83. The van der Waals surface area contributed by atoms with Crippen LogP contribution in [0.2, 0.25) is 0 Å². The van der Waals surface area contributed by atoms with Gasteiger partial charge in [-0.2, -0.15) is 0 Å². The fourth-order valence-corrected chi connectivity index (χ4v) is 4.41. The van der Waals surface area contributed by atoms with Crippen molar-refractivity contribution in [3.63, 3.8) is 0 Å². The summed E-state index contributed by atoms with van der Waals surface area (Å²) in [5, 5.41) is 2.14. The van der Waals surface area contributed by atoms with Crippen LogP contribution >= 0.6 is 11.3 Å². The van der Waals surface area contributed by atoms with Gasteiger partial charge in [-0.1, -0.05) is 48.5 Å². The highest BCUT2D eigenvalue weighted by Crippen LogP contribution is 2.31. The monoisotopic (exact) mass is 347 g/mol. The summed E-state index contributed by atoms with van der Waals surface area (Å²) in [6, 6.07) is 22.6. The van der Waals surface area contributed by atoms with Crippen molar-refractivity contribution in [3.8, 4) is 11.1 Å². The molecule has 0 N–H and O–H groups in total. The highest BCUT2D eigenvalue weighted by atomic mass is 32.1. The molecular formula is C22H21NOS. The molecule has 0 saturated carbocycles. The number of thiophene rings is 1. The van der Waals surface area contributed by atoms with Crippen LogP contribution in [0.1, 0.15) is 34.0 Å². The topological polar surface area (TPSA) is 20.3 Å². The Bertz CT molecular complexity index is 816. The molecule has 1 amide bonds. The number of likely N-dealkylation sites (tertiary alicyclic amines) is 1. The minimum atomic E-state index is 0.157. The lowest BCUT2D eigenvalue weighted by atomic mass is 9.94. The highest BCUT2D eigenvalue weighted by Gasteiger charge is 2.24. The van der Waals surface area contributed by atoms with Gasteiger partial charge in [0.1, 0.15) is 0 Å². The Morgan fingerprint density at radius 3 is 2.16 bits per heavy atom. The van der Waals surface area contributed by atoms with Gasteiger partial charge in [0.05, 0.1) is 0 Å². The molecule has 0 unspecified atom stereocenters. The summed E-state index contributed by atoms with van der Waals surface area (Å²) in [6.07, 6.45) is 2.13. The molecule has 1 aliphatic heterocycles. The second-order valence-corrected chi connectivity index (χ2v) is 7.50. The summed E-state index contributed by atoms with van der Waals surface area (Å²) in [7, 11) is 0. The Kier molecular flexibility index (Phi) is 4.66. The van der Waals surface area contributed by atoms with E-state index in [1.165, 1.54) is 10.4 Å². The summed E-state index contributed by atoms with van der Waals surface area (Å²) in [5.74, 6) is 0.772. The number of amides is 1. The second-order valence-electron chi connectivity index (χ2n) is 6.53. The van der Waals surface area contributed by atoms with Crippen LogP contribution in [-0.2, 0) is 0 Å². The molecule has 0 atom stereocenters. The highest BCUT2D eigenvalue weighted by molar-refractivity contribution is 7.10. The van der Waals surface area contributed by atoms with Gasteiger partial charge in [-0.3, -0.25) is 4.79 Å². The Hall–Kier alpha value is -2.39. The fraction of sp³-hybridized carbons (Fsp3) is 0.227. The van der Waals surface area contributed by atoms with Crippen molar-refractivity contribution in [3.05, 3.63) is 82.6 Å². The number of hydrogen-bond donors (Lipinski definition) is 0. The van der Waals surface area contributed by atoms with E-state index < -0.39 is 0 Å². The quantitative estimate of drug-likeness (QED) is 0.618. The van der Waals surface area contributed by atoms with E-state index in [1.54, 1.807) is 0 Å². The first-order chi connectivity index (χ1) is 12.3. The standard InChI is InChI=1S/C22H21NOS/c24-22(23-14-12-19(13-15-23)21-7-4-16-25-21)20-10-8-18(9-11-20)17-5-2-1-3-6-17/h1-11,16,19H,12-15H2. The molecule has 1 aromatic heterocycles. The fourth-order valence-electron chi connectivity index (χ4n) is 3.51. The lowest BCUT2D eigenvalue weighted by molar-refractivity contribution is 0.0714. The molecule has 0 spiro atoms. The van der Waals surface area contributed by atoms with E-state index in [-0.39, 0.29) is 5.91 Å². The number of piperidine rings is 1. The zero-order valence-corrected chi connectivity index (χ0v) is 14.9. The van der Waals surface area contributed by atoms with Crippen LogP contribution in [0.4, 0.5) is 0 Å². The van der Waals surface area contributed by atoms with Crippen LogP contribution in [0.25, 0.3) is 11.1 Å². The van der Waals surface area contributed by atoms with Crippen molar-refractivity contribution in [2.24, 2.45) is 0 Å². The third-order valence-electron chi connectivity index (χ3n) is 4.97. The zero-order valence-electron chi connectivity index (χ0n) is 14.1. The van der Waals surface area contributed by atoms with Crippen molar-refractivity contribution in [1.29, 1.82) is 0 Å². The number of benzene rings is 2. The molecule has 0 bridgehead atoms. The van der Waals surface area contributed by atoms with Crippen LogP contribution in [0.3, 0.4) is 0 Å². The Morgan fingerprint density at radius 2 is 1.52 bits per heavy atom. The van der Waals surface area contributed by atoms with Crippen molar-refractivity contribution in [2.45, 2.75) is 18.8 Å². The number of carbonyl (C=O) groups is 1. The Labute approximate surface area is 152 Å². The van der Waals surface area contributed by atoms with Crippen molar-refractivity contribution in [1.82, 2.24) is 4.90 Å². The van der Waals surface area contributed by atoms with E-state index in [0.29, 0.717) is 5.92 Å². The maximum Gasteiger partial charge on any atom is 0.253 e. The first-order valence-electron chi connectivity index (χ1n) is 8.79. The van der Waals surface area contributed by atoms with E-state index in [9.17, 15) is 4.79 Å². The maximum absolute atomic E-state index is 12.8. The molecule has 1 fully saturated rings. The average molecular weight is 347 g/mol. The van der Waals surface area contributed by atoms with Crippen LogP contribution in [0, 0.1) is 0 Å². The SMILES string of the molecule is O=C(c1ccc(-c2ccccc2)cc1)N1CCC(c2cccs2)CC1. The maximum atomic E-state index is 12.8. The van der Waals surface area contributed by atoms with Crippen LogP contribution in [0.5, 0.6) is 0 Å². The number of rotatable bonds is 3. The van der Waals surface area contributed by atoms with Gasteiger partial charge in [-0.05, 0) is 53.5 Å². The molecule has 4 rings (SSSR count). The van der Waals surface area contributed by atoms with E-state index in [1.807, 2.05) is 58.7 Å². The molecule has 0 aliphatic carbocycles. The predicted octanol–water partition coefficient (Wildman–Crippen LogP) is 5.43. The largest absolute Gasteiger partial charge is 0.339 e. The number of carbonyl (C=O) groups excluding carboxylic acids is 1. The third-order valence-corrected chi connectivity index (χ3v) is 6.00. The summed E-state index contributed by atoms with van der Waals surface area (Å²) in [4.78, 5) is 16.2. The second kappa shape index (κ2) is 7.24. The Balaban J connectivity index is 1.41. The van der Waals surface area contributed by atoms with Crippen molar-refractivity contribution in [2.75, 3.05) is 13.1 Å². The average Bonchev–Trinajstić information content (AvgIpc) is 3.23. The molecule has 2 aromatic carbocycles. The summed E-state index contributed by atoms with van der Waals surface area (Å²) in [5.41, 5.74) is 3.11. The van der Waals surface area contributed by atoms with Crippen LogP contribution in [0.15, 0.2) is 72.1 Å². The van der Waals surface area contributed by atoms with Gasteiger partial charge in [0.25, 0.3) is 5.91 Å². The van der Waals surface area contributed by atoms with Gasteiger partial charge in [0.2, 0.25) is 0 Å². The molecule has 2 heterocycles. The third kappa shape index (κ3) is 3.52. The van der Waals surface area contributed by atoms with E-state index in [4.69, 9.17) is 0 Å². The van der Waals surface area contributed by atoms with Crippen LogP contribution in [-0.4, -0.2) is 23.9 Å². The lowest BCUT2D eigenvalue weighted by Crippen LogP contribution is -2.37. The molecule has 126 valence electrons. The van der Waals surface area contributed by atoms with E-state index >= 15 is 0 Å². The molecule has 2 nitrogen and oxygen atoms in total. The molecule has 1 aliphatic rings. The Morgan fingerprint density at radius 1 is 0.840 bits per heavy atom. The minimum absolute atomic E-state index is 0.157. The van der Waals surface area contributed by atoms with Crippen molar-refractivity contribution < 1.29 is 4.79 Å². The summed E-state index contributed by atoms with van der Waals surface area (Å²) in [6.45, 7) is 1.70. The summed E-state index contributed by atoms with van der Waals surface area (Å²) < 4.78 is 0. The molecule has 3 heteroatoms. The van der Waals surface area contributed by atoms with Gasteiger partial charge in [0.15, 0.2) is 0 Å². The number of nitrogens with zero attached hydrogens (tertiary/aromatic N) is 1. The van der Waals surface area contributed by atoms with Crippen LogP contribution < -0.4 is 0 Å². The number of hydrogen-bond acceptors (Lipinski definition) is 2. The van der Waals surface area contributed by atoms with Gasteiger partial charge in [-0.25, -0.2) is 0 Å². The smallest absolute Gasteiger partial charge is 0.253 e. The molecule has 0 radical (unpaired) electrons. The van der Waals surface area contributed by atoms with E-state index in [0.717, 1.165) is 37.1 Å². The molecule has 3 aromatic rings. The zero-order chi connectivity index (χ0) is 17.1. The minimum Gasteiger partial charge on any atom is -0.339 e. The normalized spacial score (nSPS) is 15.3. The van der Waals surface area contributed by atoms with Gasteiger partial charge < -0.3 is 4.90 Å². The first kappa shape index (κ1) is 16.1. The first-order valence-corrected chi connectivity index (χ1v) is 9.67. The predicted molar refractivity (Wildman–Crippen MR) is 104 cm³/mol. The van der Waals surface area contributed by atoms with Gasteiger partial charge in [-0.15, -0.1) is 11.3 Å². The lowest BCUT2D eigenvalue weighted by Gasteiger charge is -2.31. The molecular weight excluding hydrogens is 326 g/mol. The van der Waals surface area contributed by atoms with Crippen molar-refractivity contribution >= 4 is 17.2 Å². The molecule has 1 saturated heterocycles. The van der Waals surface area contributed by atoms with Gasteiger partial charge in [0, 0.05) is 23.5 Å². The van der Waals surface area contributed by atoms with Gasteiger partial charge >= 0.3 is 0 Å². The molecule has 25 heavy (non-hydrogen) atoms. The van der Waals surface area contributed by atoms with E-state index in [2.05, 4.69) is 29.6 Å².